The highest BCUT2D eigenvalue weighted by Gasteiger charge is 2.14. The molecule has 0 aliphatic heterocycles. The average Bonchev–Trinajstić information content (AvgIpc) is 1.82. The number of carboxylic acids is 1. The predicted molar refractivity (Wildman–Crippen MR) is 38.5 cm³/mol. The minimum atomic E-state index is -1.18. The Bertz CT molecular complexity index is 155. The number of likely N-dealkylation sites (N-methyl/N-ethyl adjacent to an activating group) is 1. The van der Waals surface area contributed by atoms with E-state index in [1.165, 1.54) is 0 Å². The van der Waals surface area contributed by atoms with Crippen LogP contribution in [0.1, 0.15) is 6.42 Å². The lowest BCUT2D eigenvalue weighted by molar-refractivity contribution is -0.873. The maximum atomic E-state index is 10.2. The SMILES string of the molecule is [2H]OC(CC(=O)[O-])C[N+](C)(C)C. The van der Waals surface area contributed by atoms with Gasteiger partial charge in [0.2, 0.25) is 1.43 Å². The molecule has 4 heteroatoms. The van der Waals surface area contributed by atoms with Gasteiger partial charge in [-0.25, -0.2) is 0 Å². The summed E-state index contributed by atoms with van der Waals surface area (Å²) in [5, 5.41) is 14.4. The van der Waals surface area contributed by atoms with Crippen molar-refractivity contribution in [1.82, 2.24) is 0 Å². The van der Waals surface area contributed by atoms with Crippen molar-refractivity contribution >= 4 is 5.97 Å². The summed E-state index contributed by atoms with van der Waals surface area (Å²) < 4.78 is 7.20. The highest BCUT2D eigenvalue weighted by Crippen LogP contribution is 1.97. The van der Waals surface area contributed by atoms with E-state index >= 15 is 0 Å². The molecule has 0 aromatic carbocycles. The number of carboxylic acid groups (broad SMARTS) is 1. The summed E-state index contributed by atoms with van der Waals surface area (Å²) in [5.74, 6) is -1.18. The van der Waals surface area contributed by atoms with Gasteiger partial charge < -0.3 is 19.5 Å². The summed E-state index contributed by atoms with van der Waals surface area (Å²) in [4.78, 5) is 10.2. The molecule has 11 heavy (non-hydrogen) atoms. The van der Waals surface area contributed by atoms with Gasteiger partial charge in [0.25, 0.3) is 0 Å². The Morgan fingerprint density at radius 1 is 1.73 bits per heavy atom. The van der Waals surface area contributed by atoms with Gasteiger partial charge in [0.1, 0.15) is 12.6 Å². The fraction of sp³-hybridized carbons (Fsp3) is 0.857. The largest absolute Gasteiger partial charge is 0.550 e. The summed E-state index contributed by atoms with van der Waals surface area (Å²) >= 11 is 0. The second-order valence-corrected chi connectivity index (χ2v) is 3.67. The van der Waals surface area contributed by atoms with Crippen LogP contribution >= 0.6 is 0 Å². The fourth-order valence-corrected chi connectivity index (χ4v) is 0.861. The van der Waals surface area contributed by atoms with Crippen molar-refractivity contribution in [2.45, 2.75) is 12.5 Å². The first-order chi connectivity index (χ1) is 5.35. The molecule has 0 spiro atoms. The molecule has 66 valence electrons. The van der Waals surface area contributed by atoms with Gasteiger partial charge in [-0.3, -0.25) is 0 Å². The third-order valence-electron chi connectivity index (χ3n) is 1.15. The van der Waals surface area contributed by atoms with Crippen LogP contribution in [0.25, 0.3) is 0 Å². The topological polar surface area (TPSA) is 60.4 Å². The van der Waals surface area contributed by atoms with Crippen molar-refractivity contribution < 1.29 is 19.5 Å². The minimum absolute atomic E-state index is 0.223. The molecule has 0 radical (unpaired) electrons. The Labute approximate surface area is 68.1 Å². The van der Waals surface area contributed by atoms with Gasteiger partial charge >= 0.3 is 0 Å². The number of carbonyl (C=O) groups is 1. The molecule has 0 bridgehead atoms. The first kappa shape index (κ1) is 8.49. The number of hydrogen-bond donors (Lipinski definition) is 1. The van der Waals surface area contributed by atoms with Crippen molar-refractivity contribution in [3.63, 3.8) is 0 Å². The van der Waals surface area contributed by atoms with Crippen molar-refractivity contribution in [1.29, 1.82) is 1.43 Å². The molecule has 0 aromatic heterocycles. The van der Waals surface area contributed by atoms with Crippen LogP contribution in [0.15, 0.2) is 0 Å². The second kappa shape index (κ2) is 3.69. The molecule has 0 saturated carbocycles. The number of nitrogens with zero attached hydrogens (tertiary/aromatic N) is 1. The van der Waals surface area contributed by atoms with Gasteiger partial charge in [0, 0.05) is 12.4 Å². The van der Waals surface area contributed by atoms with Gasteiger partial charge in [0.15, 0.2) is 0 Å². The van der Waals surface area contributed by atoms with Crippen LogP contribution in [-0.2, 0) is 4.79 Å². The van der Waals surface area contributed by atoms with Gasteiger partial charge in [-0.2, -0.15) is 0 Å². The van der Waals surface area contributed by atoms with Crippen molar-refractivity contribution in [2.24, 2.45) is 0 Å². The number of aliphatic hydroxyl groups is 1. The standard InChI is InChI=1S/C7H15NO3/c1-8(2,3)5-6(9)4-7(10)11/h6,9H,4-5H2,1-3H3/i9D. The number of aliphatic hydroxyl groups excluding tert-OH is 1. The smallest absolute Gasteiger partial charge is 0.211 e. The minimum Gasteiger partial charge on any atom is -0.550 e. The quantitative estimate of drug-likeness (QED) is 0.485. The summed E-state index contributed by atoms with van der Waals surface area (Å²) in [7, 11) is 5.71. The van der Waals surface area contributed by atoms with Crippen LogP contribution in [-0.4, -0.2) is 50.8 Å². The first-order valence-corrected chi connectivity index (χ1v) is 3.47. The van der Waals surface area contributed by atoms with E-state index < -0.39 is 12.1 Å². The third-order valence-corrected chi connectivity index (χ3v) is 1.15. The maximum absolute atomic E-state index is 10.2. The molecule has 0 aromatic rings. The Balaban J connectivity index is 3.92. The molecule has 1 unspecified atom stereocenters. The van der Waals surface area contributed by atoms with E-state index in [1.54, 1.807) is 0 Å². The molecular weight excluding hydrogens is 146 g/mol. The van der Waals surface area contributed by atoms with Gasteiger partial charge in [0.05, 0.1) is 21.1 Å². The van der Waals surface area contributed by atoms with Crippen LogP contribution < -0.4 is 5.11 Å². The predicted octanol–water partition coefficient (Wildman–Crippen LogP) is -1.81. The summed E-state index contributed by atoms with van der Waals surface area (Å²) in [6, 6.07) is 0. The zero-order valence-electron chi connectivity index (χ0n) is 8.16. The average molecular weight is 162 g/mol. The molecule has 4 nitrogen and oxygen atoms in total. The number of aliphatic carboxylic acids is 1. The maximum Gasteiger partial charge on any atom is 0.211 e. The highest BCUT2D eigenvalue weighted by molar-refractivity contribution is 5.64. The van der Waals surface area contributed by atoms with E-state index in [1.807, 2.05) is 21.1 Å². The number of rotatable bonds is 5. The normalized spacial score (nSPS) is 15.7. The van der Waals surface area contributed by atoms with Crippen molar-refractivity contribution in [2.75, 3.05) is 27.7 Å². The fourth-order valence-electron chi connectivity index (χ4n) is 0.861. The van der Waals surface area contributed by atoms with Crippen molar-refractivity contribution in [3.8, 4) is 0 Å². The highest BCUT2D eigenvalue weighted by atomic mass is 16.4. The van der Waals surface area contributed by atoms with Gasteiger partial charge in [-0.1, -0.05) is 0 Å². The van der Waals surface area contributed by atoms with Crippen LogP contribution in [0.2, 0.25) is 0 Å². The monoisotopic (exact) mass is 162 g/mol. The van der Waals surface area contributed by atoms with Crippen molar-refractivity contribution in [3.05, 3.63) is 0 Å². The van der Waals surface area contributed by atoms with Crippen LogP contribution in [0, 0.1) is 0 Å². The Hall–Kier alpha value is -0.610. The lowest BCUT2D eigenvalue weighted by Crippen LogP contribution is -2.43. The number of carbonyl (C=O) groups excluding carboxylic acids is 1. The second-order valence-electron chi connectivity index (χ2n) is 3.67. The van der Waals surface area contributed by atoms with E-state index in [0.29, 0.717) is 11.0 Å². The van der Waals surface area contributed by atoms with E-state index in [2.05, 4.69) is 5.11 Å². The zero-order chi connectivity index (χ0) is 9.78. The molecule has 0 fully saturated rings. The Morgan fingerprint density at radius 2 is 2.27 bits per heavy atom. The summed E-state index contributed by atoms with van der Waals surface area (Å²) in [6.07, 6.45) is -0.811. The molecule has 0 saturated heterocycles. The Kier molecular flexibility index (Phi) is 2.84. The molecule has 0 aliphatic carbocycles. The van der Waals surface area contributed by atoms with Crippen LogP contribution in [0.4, 0.5) is 0 Å². The first-order valence-electron chi connectivity index (χ1n) is 3.88. The molecule has 0 rings (SSSR count). The number of hydrogen-bond acceptors (Lipinski definition) is 3. The Morgan fingerprint density at radius 3 is 2.55 bits per heavy atom. The van der Waals surface area contributed by atoms with E-state index in [-0.39, 0.29) is 6.42 Å². The van der Waals surface area contributed by atoms with Crippen LogP contribution in [0.5, 0.6) is 0 Å². The number of quaternary nitrogens is 1. The molecule has 1 N–H and O–H groups in total. The lowest BCUT2D eigenvalue weighted by atomic mass is 10.2. The summed E-state index contributed by atoms with van der Waals surface area (Å²) in [6.45, 7) is 0.484. The molecule has 0 amide bonds. The van der Waals surface area contributed by atoms with Gasteiger partial charge in [-0.05, 0) is 0 Å². The summed E-state index contributed by atoms with van der Waals surface area (Å²) in [5.41, 5.74) is 0. The molecule has 1 atom stereocenters. The molecule has 0 aliphatic rings. The van der Waals surface area contributed by atoms with Gasteiger partial charge in [-0.15, -0.1) is 0 Å². The third kappa shape index (κ3) is 7.29. The molecule has 0 heterocycles. The van der Waals surface area contributed by atoms with E-state index in [4.69, 9.17) is 1.43 Å². The van der Waals surface area contributed by atoms with E-state index in [9.17, 15) is 9.90 Å². The molecular formula is C7H15NO3. The lowest BCUT2D eigenvalue weighted by Gasteiger charge is -2.26. The van der Waals surface area contributed by atoms with E-state index in [0.717, 1.165) is 0 Å². The van der Waals surface area contributed by atoms with Crippen LogP contribution in [0.3, 0.4) is 0 Å². The zero-order valence-corrected chi connectivity index (χ0v) is 7.16.